The molecule has 90 valence electrons. The molecule has 3 nitrogen and oxygen atoms in total. The van der Waals surface area contributed by atoms with Gasteiger partial charge in [-0.05, 0) is 31.7 Å². The van der Waals surface area contributed by atoms with E-state index < -0.39 is 5.97 Å². The number of carboxylic acid groups (broad SMARTS) is 1. The van der Waals surface area contributed by atoms with Crippen molar-refractivity contribution < 1.29 is 14.7 Å². The van der Waals surface area contributed by atoms with E-state index in [-0.39, 0.29) is 17.6 Å². The van der Waals surface area contributed by atoms with Crippen LogP contribution in [-0.2, 0) is 4.79 Å². The number of aryl methyl sites for hydroxylation is 1. The molecule has 0 amide bonds. The van der Waals surface area contributed by atoms with E-state index in [4.69, 9.17) is 5.11 Å². The first-order valence-electron chi connectivity index (χ1n) is 5.92. The Hall–Kier alpha value is -1.64. The average Bonchev–Trinajstić information content (AvgIpc) is 2.78. The summed E-state index contributed by atoms with van der Waals surface area (Å²) >= 11 is 0. The van der Waals surface area contributed by atoms with Gasteiger partial charge in [0.2, 0.25) is 0 Å². The molecule has 17 heavy (non-hydrogen) atoms. The summed E-state index contributed by atoms with van der Waals surface area (Å²) in [5.74, 6) is -1.12. The second-order valence-electron chi connectivity index (χ2n) is 4.72. The largest absolute Gasteiger partial charge is 0.481 e. The molecule has 1 N–H and O–H groups in total. The van der Waals surface area contributed by atoms with Crippen LogP contribution in [-0.4, -0.2) is 16.9 Å². The first-order valence-corrected chi connectivity index (χ1v) is 5.92. The molecule has 1 aliphatic rings. The van der Waals surface area contributed by atoms with Crippen LogP contribution in [0.25, 0.3) is 0 Å². The maximum absolute atomic E-state index is 12.2. The Morgan fingerprint density at radius 2 is 1.82 bits per heavy atom. The molecule has 0 aliphatic heterocycles. The number of ketones is 1. The molecule has 1 aromatic rings. The molecule has 2 atom stereocenters. The normalized spacial score (nSPS) is 23.6. The van der Waals surface area contributed by atoms with Gasteiger partial charge >= 0.3 is 5.97 Å². The number of carbonyl (C=O) groups is 2. The van der Waals surface area contributed by atoms with Crippen LogP contribution in [0.2, 0.25) is 0 Å². The molecular formula is C14H16O3. The zero-order valence-corrected chi connectivity index (χ0v) is 9.85. The molecule has 0 spiro atoms. The van der Waals surface area contributed by atoms with E-state index >= 15 is 0 Å². The Kier molecular flexibility index (Phi) is 3.27. The Morgan fingerprint density at radius 1 is 1.18 bits per heavy atom. The van der Waals surface area contributed by atoms with E-state index in [0.29, 0.717) is 19.3 Å². The van der Waals surface area contributed by atoms with Crippen LogP contribution in [0, 0.1) is 18.8 Å². The van der Waals surface area contributed by atoms with E-state index in [9.17, 15) is 9.59 Å². The summed E-state index contributed by atoms with van der Waals surface area (Å²) in [6.07, 6.45) is 1.81. The summed E-state index contributed by atoms with van der Waals surface area (Å²) < 4.78 is 0. The minimum atomic E-state index is -0.773. The lowest BCUT2D eigenvalue weighted by Gasteiger charge is -2.10. The zero-order valence-electron chi connectivity index (χ0n) is 9.85. The fourth-order valence-corrected chi connectivity index (χ4v) is 2.51. The third-order valence-electron chi connectivity index (χ3n) is 3.56. The van der Waals surface area contributed by atoms with E-state index in [0.717, 1.165) is 11.1 Å². The van der Waals surface area contributed by atoms with E-state index in [1.165, 1.54) is 0 Å². The van der Waals surface area contributed by atoms with Crippen molar-refractivity contribution in [2.24, 2.45) is 11.8 Å². The van der Waals surface area contributed by atoms with Crippen LogP contribution in [0.3, 0.4) is 0 Å². The van der Waals surface area contributed by atoms with Crippen molar-refractivity contribution in [2.75, 3.05) is 0 Å². The number of hydrogen-bond donors (Lipinski definition) is 1. The van der Waals surface area contributed by atoms with Crippen molar-refractivity contribution >= 4 is 11.8 Å². The van der Waals surface area contributed by atoms with Crippen LogP contribution >= 0.6 is 0 Å². The average molecular weight is 232 g/mol. The SMILES string of the molecule is Cc1ccccc1C(=O)[C@@H]1CC[C@H](C(=O)O)C1. The highest BCUT2D eigenvalue weighted by Crippen LogP contribution is 2.33. The molecule has 2 rings (SSSR count). The van der Waals surface area contributed by atoms with E-state index in [1.807, 2.05) is 31.2 Å². The molecule has 1 aromatic carbocycles. The third-order valence-corrected chi connectivity index (χ3v) is 3.56. The molecule has 0 bridgehead atoms. The van der Waals surface area contributed by atoms with Gasteiger partial charge in [0.1, 0.15) is 0 Å². The van der Waals surface area contributed by atoms with Crippen LogP contribution in [0.4, 0.5) is 0 Å². The number of benzene rings is 1. The molecular weight excluding hydrogens is 216 g/mol. The van der Waals surface area contributed by atoms with Gasteiger partial charge in [-0.15, -0.1) is 0 Å². The molecule has 0 heterocycles. The highest BCUT2D eigenvalue weighted by atomic mass is 16.4. The number of carboxylic acids is 1. The molecule has 0 radical (unpaired) electrons. The maximum Gasteiger partial charge on any atom is 0.306 e. The second-order valence-corrected chi connectivity index (χ2v) is 4.72. The second kappa shape index (κ2) is 4.70. The third kappa shape index (κ3) is 2.38. The maximum atomic E-state index is 12.2. The van der Waals surface area contributed by atoms with Crippen molar-refractivity contribution in [3.63, 3.8) is 0 Å². The monoisotopic (exact) mass is 232 g/mol. The van der Waals surface area contributed by atoms with Crippen molar-refractivity contribution in [2.45, 2.75) is 26.2 Å². The van der Waals surface area contributed by atoms with Crippen molar-refractivity contribution in [3.8, 4) is 0 Å². The summed E-state index contributed by atoms with van der Waals surface area (Å²) in [6, 6.07) is 7.49. The van der Waals surface area contributed by atoms with Gasteiger partial charge in [-0.25, -0.2) is 0 Å². The number of rotatable bonds is 3. The van der Waals surface area contributed by atoms with Gasteiger partial charge < -0.3 is 5.11 Å². The lowest BCUT2D eigenvalue weighted by molar-refractivity contribution is -0.141. The number of carbonyl (C=O) groups excluding carboxylic acids is 1. The fourth-order valence-electron chi connectivity index (χ4n) is 2.51. The molecule has 0 unspecified atom stereocenters. The summed E-state index contributed by atoms with van der Waals surface area (Å²) in [7, 11) is 0. The fraction of sp³-hybridized carbons (Fsp3) is 0.429. The quantitative estimate of drug-likeness (QED) is 0.815. The summed E-state index contributed by atoms with van der Waals surface area (Å²) in [6.45, 7) is 1.91. The Morgan fingerprint density at radius 3 is 2.41 bits per heavy atom. The number of hydrogen-bond acceptors (Lipinski definition) is 2. The van der Waals surface area contributed by atoms with Gasteiger partial charge in [0.05, 0.1) is 5.92 Å². The van der Waals surface area contributed by atoms with Crippen molar-refractivity contribution in [1.29, 1.82) is 0 Å². The standard InChI is InChI=1S/C14H16O3/c1-9-4-2-3-5-12(9)13(15)10-6-7-11(8-10)14(16)17/h2-5,10-11H,6-8H2,1H3,(H,16,17)/t10-,11+/m1/s1. The van der Waals surface area contributed by atoms with Gasteiger partial charge in [-0.3, -0.25) is 9.59 Å². The van der Waals surface area contributed by atoms with Gasteiger partial charge in [-0.2, -0.15) is 0 Å². The van der Waals surface area contributed by atoms with Gasteiger partial charge in [0, 0.05) is 11.5 Å². The lowest BCUT2D eigenvalue weighted by atomic mass is 9.92. The zero-order chi connectivity index (χ0) is 12.4. The first-order chi connectivity index (χ1) is 8.09. The van der Waals surface area contributed by atoms with Crippen molar-refractivity contribution in [3.05, 3.63) is 35.4 Å². The highest BCUT2D eigenvalue weighted by molar-refractivity contribution is 5.99. The van der Waals surface area contributed by atoms with Crippen LogP contribution in [0.5, 0.6) is 0 Å². The molecule has 0 aromatic heterocycles. The molecule has 1 fully saturated rings. The smallest absolute Gasteiger partial charge is 0.306 e. The summed E-state index contributed by atoms with van der Waals surface area (Å²) in [4.78, 5) is 23.1. The molecule has 3 heteroatoms. The minimum Gasteiger partial charge on any atom is -0.481 e. The predicted octanol–water partition coefficient (Wildman–Crippen LogP) is 2.68. The Bertz CT molecular complexity index is 451. The molecule has 0 saturated heterocycles. The lowest BCUT2D eigenvalue weighted by Crippen LogP contribution is -2.15. The number of Topliss-reactive ketones (excluding diaryl/α,β-unsaturated/α-hetero) is 1. The number of aliphatic carboxylic acids is 1. The van der Waals surface area contributed by atoms with E-state index in [2.05, 4.69) is 0 Å². The Labute approximate surface area is 100 Å². The minimum absolute atomic E-state index is 0.104. The summed E-state index contributed by atoms with van der Waals surface area (Å²) in [5, 5.41) is 8.93. The van der Waals surface area contributed by atoms with Gasteiger partial charge in [0.15, 0.2) is 5.78 Å². The first kappa shape index (κ1) is 11.8. The van der Waals surface area contributed by atoms with Crippen LogP contribution < -0.4 is 0 Å². The van der Waals surface area contributed by atoms with Gasteiger partial charge in [-0.1, -0.05) is 24.3 Å². The Balaban J connectivity index is 2.13. The van der Waals surface area contributed by atoms with Crippen LogP contribution in [0.1, 0.15) is 35.2 Å². The predicted molar refractivity (Wildman–Crippen MR) is 64.0 cm³/mol. The topological polar surface area (TPSA) is 54.4 Å². The molecule has 1 aliphatic carbocycles. The van der Waals surface area contributed by atoms with Crippen molar-refractivity contribution in [1.82, 2.24) is 0 Å². The summed E-state index contributed by atoms with van der Waals surface area (Å²) in [5.41, 5.74) is 1.71. The van der Waals surface area contributed by atoms with Crippen LogP contribution in [0.15, 0.2) is 24.3 Å². The molecule has 1 saturated carbocycles. The highest BCUT2D eigenvalue weighted by Gasteiger charge is 2.34. The van der Waals surface area contributed by atoms with E-state index in [1.54, 1.807) is 0 Å². The van der Waals surface area contributed by atoms with Gasteiger partial charge in [0.25, 0.3) is 0 Å².